The van der Waals surface area contributed by atoms with Gasteiger partial charge in [-0.15, -0.1) is 0 Å². The third kappa shape index (κ3) is 4.78. The first-order valence-corrected chi connectivity index (χ1v) is 9.80. The van der Waals surface area contributed by atoms with Gasteiger partial charge in [0.15, 0.2) is 5.82 Å². The van der Waals surface area contributed by atoms with Gasteiger partial charge in [-0.05, 0) is 38.2 Å². The molecule has 150 valence electrons. The number of fused-ring (bicyclic) bond motifs is 1. The highest BCUT2D eigenvalue weighted by Gasteiger charge is 2.27. The Morgan fingerprint density at radius 3 is 2.86 bits per heavy atom. The summed E-state index contributed by atoms with van der Waals surface area (Å²) >= 11 is 0. The number of carbonyl (C=O) groups is 2. The number of rotatable bonds is 8. The van der Waals surface area contributed by atoms with E-state index in [1.54, 1.807) is 7.11 Å². The number of aromatic nitrogens is 2. The minimum Gasteiger partial charge on any atom is -0.385 e. The van der Waals surface area contributed by atoms with Crippen molar-refractivity contribution in [3.8, 4) is 0 Å². The molecule has 0 spiro atoms. The Labute approximate surface area is 165 Å². The lowest BCUT2D eigenvalue weighted by atomic mass is 10.1. The summed E-state index contributed by atoms with van der Waals surface area (Å²) in [7, 11) is 1.63. The van der Waals surface area contributed by atoms with Crippen LogP contribution in [0, 0.1) is 6.92 Å². The first kappa shape index (κ1) is 20.1. The number of hydrogen-bond acceptors (Lipinski definition) is 4. The predicted octanol–water partition coefficient (Wildman–Crippen LogP) is 2.22. The molecule has 3 rings (SSSR count). The van der Waals surface area contributed by atoms with Gasteiger partial charge >= 0.3 is 0 Å². The number of nitrogens with one attached hydrogen (secondary N) is 2. The number of aryl methyl sites for hydroxylation is 1. The highest BCUT2D eigenvalue weighted by Crippen LogP contribution is 2.21. The summed E-state index contributed by atoms with van der Waals surface area (Å²) in [5.74, 6) is -0.143. The van der Waals surface area contributed by atoms with E-state index in [0.29, 0.717) is 37.8 Å². The zero-order chi connectivity index (χ0) is 19.9. The van der Waals surface area contributed by atoms with Crippen molar-refractivity contribution < 1.29 is 14.3 Å². The van der Waals surface area contributed by atoms with Crippen molar-refractivity contribution in [1.82, 2.24) is 20.2 Å². The maximum absolute atomic E-state index is 12.8. The molecule has 2 amide bonds. The van der Waals surface area contributed by atoms with E-state index in [4.69, 9.17) is 4.74 Å². The summed E-state index contributed by atoms with van der Waals surface area (Å²) in [6, 6.07) is 8.02. The third-order valence-corrected chi connectivity index (χ3v) is 4.88. The lowest BCUT2D eigenvalue weighted by molar-refractivity contribution is 0.0932. The van der Waals surface area contributed by atoms with Crippen molar-refractivity contribution in [3.63, 3.8) is 0 Å². The van der Waals surface area contributed by atoms with Crippen LogP contribution in [0.15, 0.2) is 24.3 Å². The Hall–Kier alpha value is -2.67. The molecule has 0 aliphatic carbocycles. The smallest absolute Gasteiger partial charge is 0.287 e. The molecule has 1 aromatic carbocycles. The first-order chi connectivity index (χ1) is 13.6. The Kier molecular flexibility index (Phi) is 6.81. The van der Waals surface area contributed by atoms with Crippen LogP contribution in [0.1, 0.15) is 57.2 Å². The topological polar surface area (TPSA) is 85.2 Å². The molecule has 2 aromatic rings. The molecule has 2 heterocycles. The second-order valence-electron chi connectivity index (χ2n) is 7.11. The van der Waals surface area contributed by atoms with Crippen LogP contribution >= 0.6 is 0 Å². The molecule has 0 atom stereocenters. The third-order valence-electron chi connectivity index (χ3n) is 4.88. The largest absolute Gasteiger partial charge is 0.385 e. The lowest BCUT2D eigenvalue weighted by Gasteiger charge is -2.17. The van der Waals surface area contributed by atoms with Crippen LogP contribution in [0.25, 0.3) is 0 Å². The zero-order valence-corrected chi connectivity index (χ0v) is 16.6. The van der Waals surface area contributed by atoms with Crippen molar-refractivity contribution in [2.24, 2.45) is 0 Å². The van der Waals surface area contributed by atoms with E-state index in [-0.39, 0.29) is 11.8 Å². The van der Waals surface area contributed by atoms with Crippen LogP contribution in [0.5, 0.6) is 0 Å². The number of carbonyl (C=O) groups excluding carboxylic acids is 2. The Bertz CT molecular complexity index is 844. The van der Waals surface area contributed by atoms with Crippen LogP contribution in [0.3, 0.4) is 0 Å². The van der Waals surface area contributed by atoms with E-state index in [9.17, 15) is 9.59 Å². The fourth-order valence-electron chi connectivity index (χ4n) is 3.48. The van der Waals surface area contributed by atoms with Crippen LogP contribution in [0.2, 0.25) is 0 Å². The van der Waals surface area contributed by atoms with E-state index in [1.807, 2.05) is 35.8 Å². The number of methoxy groups -OCH3 is 1. The molecule has 2 N–H and O–H groups in total. The first-order valence-electron chi connectivity index (χ1n) is 9.80. The molecular formula is C21H28N4O3. The normalized spacial score (nSPS) is 13.1. The molecule has 28 heavy (non-hydrogen) atoms. The monoisotopic (exact) mass is 384 g/mol. The molecule has 1 aromatic heterocycles. The molecule has 0 saturated carbocycles. The number of benzene rings is 1. The standard InChI is InChI=1S/C21H28N4O3/c1-15-7-5-8-16(13-15)14-23-20(26)18-17-9-3-4-11-25(17)19(24-18)21(27)22-10-6-12-28-2/h5,7-8,13H,3-4,6,9-12,14H2,1-2H3,(H,22,27)(H,23,26). The van der Waals surface area contributed by atoms with Gasteiger partial charge < -0.3 is 19.9 Å². The van der Waals surface area contributed by atoms with Gasteiger partial charge in [-0.2, -0.15) is 0 Å². The molecule has 0 unspecified atom stereocenters. The molecule has 0 radical (unpaired) electrons. The minimum absolute atomic E-state index is 0.231. The predicted molar refractivity (Wildman–Crippen MR) is 106 cm³/mol. The second kappa shape index (κ2) is 9.50. The van der Waals surface area contributed by atoms with Crippen LogP contribution in [0.4, 0.5) is 0 Å². The van der Waals surface area contributed by atoms with Gasteiger partial charge in [0, 0.05) is 33.4 Å². The summed E-state index contributed by atoms with van der Waals surface area (Å²) in [6.45, 7) is 4.28. The van der Waals surface area contributed by atoms with E-state index in [1.165, 1.54) is 0 Å². The van der Waals surface area contributed by atoms with Gasteiger partial charge in [-0.25, -0.2) is 4.98 Å². The fourth-order valence-corrected chi connectivity index (χ4v) is 3.48. The Morgan fingerprint density at radius 2 is 2.07 bits per heavy atom. The fraction of sp³-hybridized carbons (Fsp3) is 0.476. The van der Waals surface area contributed by atoms with Gasteiger partial charge in [0.1, 0.15) is 5.69 Å². The second-order valence-corrected chi connectivity index (χ2v) is 7.11. The average molecular weight is 384 g/mol. The summed E-state index contributed by atoms with van der Waals surface area (Å²) in [5.41, 5.74) is 3.42. The maximum atomic E-state index is 12.8. The van der Waals surface area contributed by atoms with Crippen LogP contribution in [-0.4, -0.2) is 41.6 Å². The molecule has 0 fully saturated rings. The van der Waals surface area contributed by atoms with Gasteiger partial charge in [-0.1, -0.05) is 29.8 Å². The molecule has 1 aliphatic rings. The van der Waals surface area contributed by atoms with Gasteiger partial charge in [0.2, 0.25) is 0 Å². The van der Waals surface area contributed by atoms with E-state index < -0.39 is 0 Å². The Morgan fingerprint density at radius 1 is 1.21 bits per heavy atom. The van der Waals surface area contributed by atoms with E-state index >= 15 is 0 Å². The van der Waals surface area contributed by atoms with Gasteiger partial charge in [0.05, 0.1) is 5.69 Å². The van der Waals surface area contributed by atoms with Crippen molar-refractivity contribution in [2.45, 2.75) is 45.7 Å². The number of ether oxygens (including phenoxy) is 1. The molecule has 0 bridgehead atoms. The maximum Gasteiger partial charge on any atom is 0.287 e. The van der Waals surface area contributed by atoms with Crippen LogP contribution < -0.4 is 10.6 Å². The van der Waals surface area contributed by atoms with E-state index in [0.717, 1.165) is 42.5 Å². The van der Waals surface area contributed by atoms with Crippen molar-refractivity contribution in [2.75, 3.05) is 20.3 Å². The van der Waals surface area contributed by atoms with Gasteiger partial charge in [-0.3, -0.25) is 9.59 Å². The molecule has 1 aliphatic heterocycles. The zero-order valence-electron chi connectivity index (χ0n) is 16.6. The molecular weight excluding hydrogens is 356 g/mol. The minimum atomic E-state index is -0.239. The van der Waals surface area contributed by atoms with Crippen molar-refractivity contribution >= 4 is 11.8 Å². The average Bonchev–Trinajstić information content (AvgIpc) is 3.09. The van der Waals surface area contributed by atoms with Gasteiger partial charge in [0.25, 0.3) is 11.8 Å². The van der Waals surface area contributed by atoms with Crippen LogP contribution in [-0.2, 0) is 24.2 Å². The Balaban J connectivity index is 1.72. The quantitative estimate of drug-likeness (QED) is 0.684. The highest BCUT2D eigenvalue weighted by molar-refractivity contribution is 5.97. The SMILES string of the molecule is COCCCNC(=O)c1nc(C(=O)NCc2cccc(C)c2)c2n1CCCC2. The molecule has 0 saturated heterocycles. The highest BCUT2D eigenvalue weighted by atomic mass is 16.5. The molecule has 7 heteroatoms. The summed E-state index contributed by atoms with van der Waals surface area (Å²) in [6.07, 6.45) is 3.48. The van der Waals surface area contributed by atoms with Crippen molar-refractivity contribution in [1.29, 1.82) is 0 Å². The number of imidazole rings is 1. The van der Waals surface area contributed by atoms with E-state index in [2.05, 4.69) is 15.6 Å². The summed E-state index contributed by atoms with van der Waals surface area (Å²) in [5, 5.41) is 5.81. The number of nitrogens with zero attached hydrogens (tertiary/aromatic N) is 2. The molecule has 7 nitrogen and oxygen atoms in total. The van der Waals surface area contributed by atoms with Crippen molar-refractivity contribution in [3.05, 3.63) is 52.6 Å². The summed E-state index contributed by atoms with van der Waals surface area (Å²) in [4.78, 5) is 29.8. The number of amides is 2. The lowest BCUT2D eigenvalue weighted by Crippen LogP contribution is -2.29. The number of hydrogen-bond donors (Lipinski definition) is 2. The summed E-state index contributed by atoms with van der Waals surface area (Å²) < 4.78 is 6.90.